The predicted octanol–water partition coefficient (Wildman–Crippen LogP) is -2.20. The Bertz CT molecular complexity index is 1990. The van der Waals surface area contributed by atoms with E-state index in [1.165, 1.54) is 0 Å². The molecule has 4 saturated carbocycles. The number of fused-ring (bicyclic) bond motifs is 5. The minimum Gasteiger partial charge on any atom is -0.394 e. The smallest absolute Gasteiger partial charge is 0.187 e. The third-order valence-corrected chi connectivity index (χ3v) is 20.9. The summed E-state index contributed by atoms with van der Waals surface area (Å²) in [4.78, 5) is 0. The maximum atomic E-state index is 12.8. The van der Waals surface area contributed by atoms with Crippen LogP contribution in [0.15, 0.2) is 11.6 Å². The van der Waals surface area contributed by atoms with Crippen molar-refractivity contribution in [3.05, 3.63) is 11.6 Å². The number of aliphatic hydroxyl groups is 15. The van der Waals surface area contributed by atoms with E-state index < -0.39 is 178 Å². The zero-order valence-electron chi connectivity index (χ0n) is 45.8. The third kappa shape index (κ3) is 10.9. The minimum atomic E-state index is -1.82. The lowest BCUT2D eigenvalue weighted by atomic mass is 9.35. The Morgan fingerprint density at radius 1 is 0.545 bits per heavy atom. The van der Waals surface area contributed by atoms with Crippen LogP contribution in [0.3, 0.4) is 0 Å². The average Bonchev–Trinajstić information content (AvgIpc) is 3.96. The molecule has 0 spiro atoms. The Morgan fingerprint density at radius 3 is 1.64 bits per heavy atom. The predicted molar refractivity (Wildman–Crippen MR) is 266 cm³/mol. The van der Waals surface area contributed by atoms with Crippen molar-refractivity contribution in [1.82, 2.24) is 0 Å². The molecule has 4 saturated heterocycles. The SMILES string of the molecule is CC(C)=CCC[C@](C)(O[C@@H]1O[C@H](CO[C@@H]2O[C@H](CO)[C@@H](O)[C@H](O)[C@H]2O)[C@@H](O)[C@H](O)[C@H]1O)C1CC[C@]2(C)C1[C@H](O)C[C@@H]1[C@@]3(C)CC[C@H](O[C@@H]4O[C@H](CO)[C@@H](O)[C@H](O)[C@H]4O[C@@H]4O[C@H](CO)[C@@H](O)[C@H](O)[C@H]4O)C(C)(C)[C@@H]3CC[C@]12C. The van der Waals surface area contributed by atoms with Gasteiger partial charge in [-0.1, -0.05) is 46.3 Å². The molecule has 0 amide bonds. The molecular weight excluding hydrogens is 1020 g/mol. The summed E-state index contributed by atoms with van der Waals surface area (Å²) in [5, 5.41) is 162. The highest BCUT2D eigenvalue weighted by Crippen LogP contribution is 2.76. The summed E-state index contributed by atoms with van der Waals surface area (Å²) in [6.07, 6.45) is -25.2. The molecule has 23 nitrogen and oxygen atoms in total. The molecule has 8 fully saturated rings. The largest absolute Gasteiger partial charge is 0.394 e. The van der Waals surface area contributed by atoms with Crippen molar-refractivity contribution in [2.75, 3.05) is 26.4 Å². The summed E-state index contributed by atoms with van der Waals surface area (Å²) in [6.45, 7) is 14.6. The maximum Gasteiger partial charge on any atom is 0.187 e. The first-order valence-electron chi connectivity index (χ1n) is 27.9. The van der Waals surface area contributed by atoms with Crippen molar-refractivity contribution in [3.8, 4) is 0 Å². The molecule has 4 aliphatic carbocycles. The van der Waals surface area contributed by atoms with Crippen molar-refractivity contribution >= 4 is 0 Å². The highest BCUT2D eigenvalue weighted by atomic mass is 16.8. The monoisotopic (exact) mass is 1110 g/mol. The first kappa shape index (κ1) is 61.9. The van der Waals surface area contributed by atoms with E-state index in [4.69, 9.17) is 37.9 Å². The van der Waals surface area contributed by atoms with Gasteiger partial charge in [0.1, 0.15) is 97.7 Å². The van der Waals surface area contributed by atoms with Gasteiger partial charge in [-0.05, 0) is 124 Å². The number of hydrogen-bond acceptors (Lipinski definition) is 23. The summed E-state index contributed by atoms with van der Waals surface area (Å²) in [6, 6.07) is 0. The van der Waals surface area contributed by atoms with E-state index in [1.54, 1.807) is 0 Å². The van der Waals surface area contributed by atoms with Crippen molar-refractivity contribution in [2.24, 2.45) is 45.3 Å². The van der Waals surface area contributed by atoms with Gasteiger partial charge in [-0.2, -0.15) is 0 Å². The Hall–Kier alpha value is -1.18. The molecule has 4 aliphatic heterocycles. The van der Waals surface area contributed by atoms with Crippen LogP contribution in [-0.4, -0.2) is 244 Å². The zero-order valence-corrected chi connectivity index (χ0v) is 45.8. The Morgan fingerprint density at radius 2 is 1.05 bits per heavy atom. The summed E-state index contributed by atoms with van der Waals surface area (Å²) < 4.78 is 48.9. The molecule has 8 rings (SSSR count). The van der Waals surface area contributed by atoms with Crippen LogP contribution in [-0.2, 0) is 37.9 Å². The normalized spacial score (nSPS) is 52.7. The van der Waals surface area contributed by atoms with Crippen LogP contribution >= 0.6 is 0 Å². The third-order valence-electron chi connectivity index (χ3n) is 20.9. The van der Waals surface area contributed by atoms with Gasteiger partial charge in [0.05, 0.1) is 44.2 Å². The Balaban J connectivity index is 1.01. The molecule has 0 aromatic heterocycles. The van der Waals surface area contributed by atoms with Gasteiger partial charge in [-0.3, -0.25) is 0 Å². The topological polar surface area (TPSA) is 377 Å². The second-order valence-electron chi connectivity index (χ2n) is 25.7. The number of aliphatic hydroxyl groups excluding tert-OH is 15. The van der Waals surface area contributed by atoms with Gasteiger partial charge in [0, 0.05) is 0 Å². The van der Waals surface area contributed by atoms with Gasteiger partial charge in [0.2, 0.25) is 0 Å². The molecule has 30 atom stereocenters. The summed E-state index contributed by atoms with van der Waals surface area (Å²) in [5.74, 6) is -0.475. The van der Waals surface area contributed by atoms with Gasteiger partial charge in [0.15, 0.2) is 25.2 Å². The lowest BCUT2D eigenvalue weighted by Gasteiger charge is -2.71. The Labute approximate surface area is 450 Å². The Kier molecular flexibility index (Phi) is 18.9. The van der Waals surface area contributed by atoms with E-state index >= 15 is 0 Å². The molecule has 8 aliphatic rings. The average molecular weight is 1110 g/mol. The van der Waals surface area contributed by atoms with E-state index in [9.17, 15) is 76.6 Å². The first-order valence-corrected chi connectivity index (χ1v) is 27.9. The number of rotatable bonds is 16. The fourth-order valence-electron chi connectivity index (χ4n) is 16.3. The maximum absolute atomic E-state index is 12.8. The van der Waals surface area contributed by atoms with Crippen LogP contribution in [0, 0.1) is 45.3 Å². The van der Waals surface area contributed by atoms with Gasteiger partial charge in [-0.15, -0.1) is 0 Å². The second-order valence-corrected chi connectivity index (χ2v) is 25.7. The van der Waals surface area contributed by atoms with E-state index in [-0.39, 0.29) is 34.5 Å². The molecule has 0 aromatic carbocycles. The number of allylic oxidation sites excluding steroid dienone is 2. The zero-order chi connectivity index (χ0) is 56.6. The molecule has 23 heteroatoms. The van der Waals surface area contributed by atoms with E-state index in [0.29, 0.717) is 38.5 Å². The molecule has 446 valence electrons. The van der Waals surface area contributed by atoms with Gasteiger partial charge in [-0.25, -0.2) is 0 Å². The van der Waals surface area contributed by atoms with Crippen LogP contribution in [0.25, 0.3) is 0 Å². The summed E-state index contributed by atoms with van der Waals surface area (Å²) in [7, 11) is 0. The first-order chi connectivity index (χ1) is 36.0. The van der Waals surface area contributed by atoms with Crippen molar-refractivity contribution in [3.63, 3.8) is 0 Å². The van der Waals surface area contributed by atoms with Crippen LogP contribution in [0.5, 0.6) is 0 Å². The molecule has 0 bridgehead atoms. The molecular formula is C54H92O23. The highest BCUT2D eigenvalue weighted by Gasteiger charge is 2.72. The highest BCUT2D eigenvalue weighted by molar-refractivity contribution is 5.20. The van der Waals surface area contributed by atoms with Crippen LogP contribution in [0.2, 0.25) is 0 Å². The van der Waals surface area contributed by atoms with Crippen LogP contribution in [0.1, 0.15) is 113 Å². The molecule has 2 unspecified atom stereocenters. The van der Waals surface area contributed by atoms with E-state index in [0.717, 1.165) is 24.8 Å². The van der Waals surface area contributed by atoms with Crippen LogP contribution < -0.4 is 0 Å². The summed E-state index contributed by atoms with van der Waals surface area (Å²) in [5.41, 5.74) is -1.59. The summed E-state index contributed by atoms with van der Waals surface area (Å²) >= 11 is 0. The molecule has 77 heavy (non-hydrogen) atoms. The van der Waals surface area contributed by atoms with E-state index in [1.807, 2.05) is 20.8 Å². The minimum absolute atomic E-state index is 0.0374. The molecule has 4 heterocycles. The van der Waals surface area contributed by atoms with Gasteiger partial charge >= 0.3 is 0 Å². The van der Waals surface area contributed by atoms with Crippen LogP contribution in [0.4, 0.5) is 0 Å². The quantitative estimate of drug-likeness (QED) is 0.0576. The van der Waals surface area contributed by atoms with E-state index in [2.05, 4.69) is 40.7 Å². The second kappa shape index (κ2) is 23.5. The standard InChI is InChI=1S/C54H92O23/c1-23(2)10-9-14-54(8,77-48-44(69)40(65)37(62)29(74-48)22-70-46-42(67)38(63)34(59)26(19-55)71-46)24-11-16-53(7)33(24)25(58)18-31-51(5)15-13-32(50(3,4)30(51)12-17-52(31,53)6)75-49-45(41(66)36(61)28(21-57)73-49)76-47-43(68)39(64)35(60)27(20-56)72-47/h10,24-49,55-69H,9,11-22H2,1-8H3/t24?,25-,26-,27-,28-,29-,30+,31-,32+,33?,34-,35-,36-,37-,38+,39+,40+,41+,42-,43-,44-,45-,46-,47+,48+,49+,51+,52-,53-,54+/m1/s1. The lowest BCUT2D eigenvalue weighted by Crippen LogP contribution is -2.68. The molecule has 0 radical (unpaired) electrons. The number of hydrogen-bond donors (Lipinski definition) is 15. The number of ether oxygens (including phenoxy) is 8. The van der Waals surface area contributed by atoms with Crippen molar-refractivity contribution in [1.29, 1.82) is 0 Å². The lowest BCUT2D eigenvalue weighted by molar-refractivity contribution is -0.378. The van der Waals surface area contributed by atoms with Gasteiger partial charge in [0.25, 0.3) is 0 Å². The fourth-order valence-corrected chi connectivity index (χ4v) is 16.3. The van der Waals surface area contributed by atoms with Crippen molar-refractivity contribution in [2.45, 2.75) is 254 Å². The van der Waals surface area contributed by atoms with Crippen molar-refractivity contribution < 1.29 is 114 Å². The molecule has 0 aromatic rings. The fraction of sp³-hybridized carbons (Fsp3) is 0.963. The van der Waals surface area contributed by atoms with Gasteiger partial charge < -0.3 is 114 Å². The molecule has 15 N–H and O–H groups in total.